The number of nitrogens with one attached hydrogen (secondary N) is 1. The Kier molecular flexibility index (Phi) is 7.68. The van der Waals surface area contributed by atoms with Gasteiger partial charge in [0, 0.05) is 6.04 Å². The van der Waals surface area contributed by atoms with Crippen molar-refractivity contribution in [3.63, 3.8) is 0 Å². The van der Waals surface area contributed by atoms with E-state index < -0.39 is 0 Å². The van der Waals surface area contributed by atoms with Crippen LogP contribution in [0, 0.1) is 6.92 Å². The Labute approximate surface area is 151 Å². The average Bonchev–Trinajstić information content (AvgIpc) is 2.61. The number of aryl methyl sites for hydroxylation is 2. The van der Waals surface area contributed by atoms with Crippen molar-refractivity contribution in [1.29, 1.82) is 0 Å². The lowest BCUT2D eigenvalue weighted by atomic mass is 10.0. The molecule has 1 atom stereocenters. The Morgan fingerprint density at radius 3 is 2.32 bits per heavy atom. The van der Waals surface area contributed by atoms with E-state index in [0.717, 1.165) is 25.8 Å². The van der Waals surface area contributed by atoms with E-state index in [1.165, 1.54) is 16.7 Å². The van der Waals surface area contributed by atoms with Crippen LogP contribution in [-0.4, -0.2) is 25.2 Å². The zero-order valence-corrected chi connectivity index (χ0v) is 15.5. The minimum atomic E-state index is -0.249. The van der Waals surface area contributed by atoms with Crippen molar-refractivity contribution in [3.8, 4) is 0 Å². The van der Waals surface area contributed by atoms with Gasteiger partial charge in [0.2, 0.25) is 0 Å². The first-order chi connectivity index (χ1) is 12.1. The third kappa shape index (κ3) is 6.71. The molecule has 0 aromatic heterocycles. The molecule has 0 saturated carbocycles. The molecule has 0 aliphatic carbocycles. The molecule has 0 radical (unpaired) electrons. The van der Waals surface area contributed by atoms with Crippen molar-refractivity contribution in [2.75, 3.05) is 13.2 Å². The van der Waals surface area contributed by atoms with E-state index in [4.69, 9.17) is 4.74 Å². The predicted octanol–water partition coefficient (Wildman–Crippen LogP) is 4.33. The Hall–Kier alpha value is -2.13. The van der Waals surface area contributed by atoms with Crippen LogP contribution < -0.4 is 5.32 Å². The van der Waals surface area contributed by atoms with Crippen LogP contribution in [0.4, 0.5) is 0 Å². The summed E-state index contributed by atoms with van der Waals surface area (Å²) in [5.74, 6) is -0.249. The lowest BCUT2D eigenvalue weighted by molar-refractivity contribution is 0.0526. The number of benzene rings is 2. The van der Waals surface area contributed by atoms with Gasteiger partial charge in [0.15, 0.2) is 0 Å². The maximum atomic E-state index is 11.6. The monoisotopic (exact) mass is 339 g/mol. The second-order valence-electron chi connectivity index (χ2n) is 6.57. The number of hydrogen-bond donors (Lipinski definition) is 1. The molecular weight excluding hydrogens is 310 g/mol. The van der Waals surface area contributed by atoms with E-state index in [0.29, 0.717) is 18.2 Å². The third-order valence-corrected chi connectivity index (χ3v) is 4.26. The second kappa shape index (κ2) is 10.00. The van der Waals surface area contributed by atoms with Gasteiger partial charge in [-0.2, -0.15) is 0 Å². The molecule has 0 saturated heterocycles. The number of esters is 1. The van der Waals surface area contributed by atoms with Crippen LogP contribution in [0.25, 0.3) is 0 Å². The molecule has 0 heterocycles. The summed E-state index contributed by atoms with van der Waals surface area (Å²) in [7, 11) is 0. The van der Waals surface area contributed by atoms with Crippen molar-refractivity contribution in [2.45, 2.75) is 46.1 Å². The highest BCUT2D eigenvalue weighted by Crippen LogP contribution is 2.09. The van der Waals surface area contributed by atoms with Crippen molar-refractivity contribution < 1.29 is 9.53 Å². The Morgan fingerprint density at radius 1 is 1.04 bits per heavy atom. The molecule has 0 bridgehead atoms. The summed E-state index contributed by atoms with van der Waals surface area (Å²) in [6.45, 7) is 7.57. The molecule has 0 spiro atoms. The van der Waals surface area contributed by atoms with E-state index in [9.17, 15) is 4.79 Å². The topological polar surface area (TPSA) is 38.3 Å². The lowest BCUT2D eigenvalue weighted by Crippen LogP contribution is -2.29. The SMILES string of the molecule is CCOC(=O)c1ccc(CCCNC(C)Cc2ccc(C)cc2)cc1. The van der Waals surface area contributed by atoms with Gasteiger partial charge < -0.3 is 10.1 Å². The smallest absolute Gasteiger partial charge is 0.338 e. The van der Waals surface area contributed by atoms with Gasteiger partial charge in [-0.1, -0.05) is 42.0 Å². The van der Waals surface area contributed by atoms with Crippen LogP contribution in [0.5, 0.6) is 0 Å². The number of rotatable bonds is 9. The van der Waals surface area contributed by atoms with Crippen LogP contribution in [-0.2, 0) is 17.6 Å². The van der Waals surface area contributed by atoms with Gasteiger partial charge in [0.1, 0.15) is 0 Å². The van der Waals surface area contributed by atoms with Crippen LogP contribution in [0.2, 0.25) is 0 Å². The van der Waals surface area contributed by atoms with E-state index >= 15 is 0 Å². The molecule has 3 nitrogen and oxygen atoms in total. The summed E-state index contributed by atoms with van der Waals surface area (Å²) in [4.78, 5) is 11.6. The summed E-state index contributed by atoms with van der Waals surface area (Å²) >= 11 is 0. The maximum absolute atomic E-state index is 11.6. The van der Waals surface area contributed by atoms with Crippen molar-refractivity contribution in [1.82, 2.24) is 5.32 Å². The predicted molar refractivity (Wildman–Crippen MR) is 103 cm³/mol. The number of carbonyl (C=O) groups excluding carboxylic acids is 1. The van der Waals surface area contributed by atoms with E-state index in [2.05, 4.69) is 43.4 Å². The molecule has 2 aromatic rings. The van der Waals surface area contributed by atoms with Crippen LogP contribution >= 0.6 is 0 Å². The fourth-order valence-electron chi connectivity index (χ4n) is 2.81. The van der Waals surface area contributed by atoms with E-state index in [1.807, 2.05) is 31.2 Å². The van der Waals surface area contributed by atoms with Crippen molar-refractivity contribution >= 4 is 5.97 Å². The molecule has 2 rings (SSSR count). The summed E-state index contributed by atoms with van der Waals surface area (Å²) in [5, 5.41) is 3.59. The maximum Gasteiger partial charge on any atom is 0.338 e. The van der Waals surface area contributed by atoms with Gasteiger partial charge >= 0.3 is 5.97 Å². The Morgan fingerprint density at radius 2 is 1.68 bits per heavy atom. The summed E-state index contributed by atoms with van der Waals surface area (Å²) < 4.78 is 5.00. The fraction of sp³-hybridized carbons (Fsp3) is 0.409. The molecule has 1 unspecified atom stereocenters. The number of hydrogen-bond acceptors (Lipinski definition) is 3. The lowest BCUT2D eigenvalue weighted by Gasteiger charge is -2.14. The molecule has 0 amide bonds. The average molecular weight is 339 g/mol. The number of ether oxygens (including phenoxy) is 1. The van der Waals surface area contributed by atoms with Crippen molar-refractivity contribution in [2.24, 2.45) is 0 Å². The van der Waals surface area contributed by atoms with Crippen LogP contribution in [0.15, 0.2) is 48.5 Å². The van der Waals surface area contributed by atoms with Gasteiger partial charge in [0.25, 0.3) is 0 Å². The first-order valence-electron chi connectivity index (χ1n) is 9.13. The standard InChI is InChI=1S/C22H29NO2/c1-4-25-22(24)21-13-11-19(12-14-21)6-5-15-23-18(3)16-20-9-7-17(2)8-10-20/h7-14,18,23H,4-6,15-16H2,1-3H3. The Balaban J connectivity index is 1.68. The zero-order chi connectivity index (χ0) is 18.1. The fourth-order valence-corrected chi connectivity index (χ4v) is 2.81. The van der Waals surface area contributed by atoms with Gasteiger partial charge in [-0.3, -0.25) is 0 Å². The first kappa shape index (κ1) is 19.2. The minimum absolute atomic E-state index is 0.249. The molecule has 0 fully saturated rings. The van der Waals surface area contributed by atoms with Gasteiger partial charge in [-0.15, -0.1) is 0 Å². The number of carbonyl (C=O) groups is 1. The minimum Gasteiger partial charge on any atom is -0.462 e. The molecule has 0 aliphatic rings. The zero-order valence-electron chi connectivity index (χ0n) is 15.5. The third-order valence-electron chi connectivity index (χ3n) is 4.26. The molecule has 134 valence electrons. The highest BCUT2D eigenvalue weighted by molar-refractivity contribution is 5.89. The summed E-state index contributed by atoms with van der Waals surface area (Å²) in [6, 6.07) is 16.9. The molecule has 2 aromatic carbocycles. The molecular formula is C22H29NO2. The van der Waals surface area contributed by atoms with E-state index in [-0.39, 0.29) is 5.97 Å². The summed E-state index contributed by atoms with van der Waals surface area (Å²) in [6.07, 6.45) is 3.14. The molecule has 0 aliphatic heterocycles. The summed E-state index contributed by atoms with van der Waals surface area (Å²) in [5.41, 5.74) is 4.55. The van der Waals surface area contributed by atoms with Gasteiger partial charge in [-0.05, 0) is 69.8 Å². The highest BCUT2D eigenvalue weighted by atomic mass is 16.5. The van der Waals surface area contributed by atoms with Crippen molar-refractivity contribution in [3.05, 3.63) is 70.8 Å². The molecule has 1 N–H and O–H groups in total. The van der Waals surface area contributed by atoms with Crippen LogP contribution in [0.1, 0.15) is 47.3 Å². The van der Waals surface area contributed by atoms with Gasteiger partial charge in [-0.25, -0.2) is 4.79 Å². The van der Waals surface area contributed by atoms with Gasteiger partial charge in [0.05, 0.1) is 12.2 Å². The quantitative estimate of drug-likeness (QED) is 0.546. The second-order valence-corrected chi connectivity index (χ2v) is 6.57. The highest BCUT2D eigenvalue weighted by Gasteiger charge is 2.06. The molecule has 3 heteroatoms. The van der Waals surface area contributed by atoms with Crippen LogP contribution in [0.3, 0.4) is 0 Å². The first-order valence-corrected chi connectivity index (χ1v) is 9.13. The molecule has 25 heavy (non-hydrogen) atoms. The normalized spacial score (nSPS) is 12.0. The largest absolute Gasteiger partial charge is 0.462 e. The Bertz CT molecular complexity index is 647. The van der Waals surface area contributed by atoms with E-state index in [1.54, 1.807) is 0 Å².